The topological polar surface area (TPSA) is 34.1 Å². The Labute approximate surface area is 72.3 Å². The van der Waals surface area contributed by atoms with Gasteiger partial charge in [-0.05, 0) is 25.2 Å². The van der Waals surface area contributed by atoms with Crippen LogP contribution in [0.1, 0.15) is 38.5 Å². The number of carbonyl (C=O) groups excluding carboxylic acids is 2. The molecule has 0 unspecified atom stereocenters. The van der Waals surface area contributed by atoms with Crippen molar-refractivity contribution in [3.8, 4) is 0 Å². The first kappa shape index (κ1) is 7.96. The second kappa shape index (κ2) is 2.68. The smallest absolute Gasteiger partial charge is 0.133 e. The van der Waals surface area contributed by atoms with Gasteiger partial charge in [0.05, 0.1) is 0 Å². The number of hydrogen-bond donors (Lipinski definition) is 0. The Kier molecular flexibility index (Phi) is 1.78. The third-order valence-corrected chi connectivity index (χ3v) is 3.59. The van der Waals surface area contributed by atoms with E-state index in [1.807, 2.05) is 0 Å². The van der Waals surface area contributed by atoms with E-state index in [-0.39, 0.29) is 5.41 Å². The van der Waals surface area contributed by atoms with Crippen molar-refractivity contribution in [3.63, 3.8) is 0 Å². The maximum Gasteiger partial charge on any atom is 0.133 e. The fourth-order valence-corrected chi connectivity index (χ4v) is 2.77. The summed E-state index contributed by atoms with van der Waals surface area (Å²) in [5.41, 5.74) is -0.0894. The highest BCUT2D eigenvalue weighted by Gasteiger charge is 2.46. The molecular weight excluding hydrogens is 152 g/mol. The van der Waals surface area contributed by atoms with Crippen molar-refractivity contribution in [2.24, 2.45) is 11.3 Å². The molecule has 2 rings (SSSR count). The highest BCUT2D eigenvalue weighted by atomic mass is 16.1. The molecule has 0 spiro atoms. The van der Waals surface area contributed by atoms with Gasteiger partial charge in [-0.3, -0.25) is 4.79 Å². The predicted octanol–water partition coefficient (Wildman–Crippen LogP) is 1.72. The van der Waals surface area contributed by atoms with Crippen LogP contribution in [-0.4, -0.2) is 12.1 Å². The van der Waals surface area contributed by atoms with E-state index in [9.17, 15) is 9.59 Å². The third-order valence-electron chi connectivity index (χ3n) is 3.59. The lowest BCUT2D eigenvalue weighted by Gasteiger charge is -2.33. The van der Waals surface area contributed by atoms with Crippen molar-refractivity contribution < 1.29 is 9.59 Å². The summed E-state index contributed by atoms with van der Waals surface area (Å²) in [6, 6.07) is 0. The van der Waals surface area contributed by atoms with Crippen LogP contribution >= 0.6 is 0 Å². The van der Waals surface area contributed by atoms with Gasteiger partial charge in [-0.25, -0.2) is 0 Å². The van der Waals surface area contributed by atoms with Crippen molar-refractivity contribution in [3.05, 3.63) is 0 Å². The lowest BCUT2D eigenvalue weighted by atomic mass is 9.69. The van der Waals surface area contributed by atoms with Crippen LogP contribution in [0, 0.1) is 11.3 Å². The Balaban J connectivity index is 2.20. The number of ketones is 1. The van der Waals surface area contributed by atoms with Gasteiger partial charge >= 0.3 is 0 Å². The van der Waals surface area contributed by atoms with Crippen LogP contribution in [0.3, 0.4) is 0 Å². The minimum atomic E-state index is -0.0894. The number of hydrogen-bond acceptors (Lipinski definition) is 2. The molecule has 0 aromatic heterocycles. The lowest BCUT2D eigenvalue weighted by Crippen LogP contribution is -2.34. The molecule has 2 heteroatoms. The third kappa shape index (κ3) is 1.01. The molecule has 0 aromatic carbocycles. The Hall–Kier alpha value is -0.660. The van der Waals surface area contributed by atoms with Gasteiger partial charge in [0, 0.05) is 18.3 Å². The van der Waals surface area contributed by atoms with Gasteiger partial charge in [0.1, 0.15) is 12.1 Å². The van der Waals surface area contributed by atoms with Crippen molar-refractivity contribution in [2.45, 2.75) is 38.5 Å². The van der Waals surface area contributed by atoms with Gasteiger partial charge in [0.25, 0.3) is 0 Å². The van der Waals surface area contributed by atoms with E-state index in [1.54, 1.807) is 0 Å². The van der Waals surface area contributed by atoms with E-state index in [0.29, 0.717) is 24.5 Å². The molecule has 2 fully saturated rings. The lowest BCUT2D eigenvalue weighted by molar-refractivity contribution is -0.128. The number of fused-ring (bicyclic) bond motifs is 1. The zero-order valence-electron chi connectivity index (χ0n) is 7.21. The van der Waals surface area contributed by atoms with E-state index in [0.717, 1.165) is 32.0 Å². The fourth-order valence-electron chi connectivity index (χ4n) is 2.77. The van der Waals surface area contributed by atoms with Gasteiger partial charge in [-0.1, -0.05) is 6.42 Å². The summed E-state index contributed by atoms with van der Waals surface area (Å²) < 4.78 is 0. The Bertz CT molecular complexity index is 222. The van der Waals surface area contributed by atoms with Gasteiger partial charge < -0.3 is 4.79 Å². The zero-order valence-corrected chi connectivity index (χ0v) is 7.21. The molecule has 0 saturated heterocycles. The highest BCUT2D eigenvalue weighted by molar-refractivity contribution is 5.81. The van der Waals surface area contributed by atoms with Crippen molar-refractivity contribution in [1.29, 1.82) is 0 Å². The van der Waals surface area contributed by atoms with Crippen molar-refractivity contribution >= 4 is 12.1 Å². The summed E-state index contributed by atoms with van der Waals surface area (Å²) in [6.07, 6.45) is 6.49. The normalized spacial score (nSPS) is 41.0. The quantitative estimate of drug-likeness (QED) is 0.556. The molecule has 2 aliphatic carbocycles. The fraction of sp³-hybridized carbons (Fsp3) is 0.800. The molecule has 66 valence electrons. The Morgan fingerprint density at radius 3 is 3.00 bits per heavy atom. The zero-order chi connectivity index (χ0) is 8.60. The molecule has 0 N–H and O–H groups in total. The second-order valence-corrected chi connectivity index (χ2v) is 4.18. The highest BCUT2D eigenvalue weighted by Crippen LogP contribution is 2.49. The molecule has 0 bridgehead atoms. The molecule has 0 amide bonds. The summed E-state index contributed by atoms with van der Waals surface area (Å²) in [5, 5.41) is 0. The molecule has 2 atom stereocenters. The average molecular weight is 166 g/mol. The number of rotatable bonds is 1. The van der Waals surface area contributed by atoms with Crippen LogP contribution in [-0.2, 0) is 9.59 Å². The average Bonchev–Trinajstić information content (AvgIpc) is 2.48. The van der Waals surface area contributed by atoms with E-state index in [1.165, 1.54) is 0 Å². The molecule has 2 aliphatic rings. The Morgan fingerprint density at radius 1 is 1.42 bits per heavy atom. The second-order valence-electron chi connectivity index (χ2n) is 4.18. The van der Waals surface area contributed by atoms with Crippen LogP contribution in [0.15, 0.2) is 0 Å². The van der Waals surface area contributed by atoms with Crippen molar-refractivity contribution in [2.75, 3.05) is 0 Å². The monoisotopic (exact) mass is 166 g/mol. The first-order valence-electron chi connectivity index (χ1n) is 4.75. The van der Waals surface area contributed by atoms with Gasteiger partial charge in [-0.15, -0.1) is 0 Å². The Morgan fingerprint density at radius 2 is 2.25 bits per heavy atom. The molecule has 0 radical (unpaired) electrons. The number of carbonyl (C=O) groups is 2. The molecule has 0 heterocycles. The standard InChI is InChI=1S/C10H14O2/c11-7-10-4-1-2-8(10)6-9(12)3-5-10/h7-8H,1-6H2/t8-,10+/m1/s1. The van der Waals surface area contributed by atoms with E-state index in [2.05, 4.69) is 0 Å². The molecule has 0 aliphatic heterocycles. The van der Waals surface area contributed by atoms with Crippen LogP contribution in [0.2, 0.25) is 0 Å². The van der Waals surface area contributed by atoms with Crippen LogP contribution < -0.4 is 0 Å². The van der Waals surface area contributed by atoms with E-state index < -0.39 is 0 Å². The van der Waals surface area contributed by atoms with Crippen LogP contribution in [0.5, 0.6) is 0 Å². The number of Topliss-reactive ketones (excluding diaryl/α,β-unsaturated/α-hetero) is 1. The summed E-state index contributed by atoms with van der Waals surface area (Å²) in [6.45, 7) is 0. The minimum Gasteiger partial charge on any atom is -0.303 e. The molecular formula is C10H14O2. The van der Waals surface area contributed by atoms with E-state index in [4.69, 9.17) is 0 Å². The van der Waals surface area contributed by atoms with E-state index >= 15 is 0 Å². The first-order chi connectivity index (χ1) is 5.77. The maximum atomic E-state index is 11.1. The first-order valence-corrected chi connectivity index (χ1v) is 4.75. The van der Waals surface area contributed by atoms with Gasteiger partial charge in [0.2, 0.25) is 0 Å². The minimum absolute atomic E-state index is 0.0894. The molecule has 0 aromatic rings. The summed E-state index contributed by atoms with van der Waals surface area (Å²) in [5.74, 6) is 0.746. The van der Waals surface area contributed by atoms with Crippen molar-refractivity contribution in [1.82, 2.24) is 0 Å². The summed E-state index contributed by atoms with van der Waals surface area (Å²) in [7, 11) is 0. The SMILES string of the molecule is O=C[C@@]12CCC[C@@H]1CC(=O)CC2. The largest absolute Gasteiger partial charge is 0.303 e. The molecule has 2 saturated carbocycles. The maximum absolute atomic E-state index is 11.1. The van der Waals surface area contributed by atoms with Gasteiger partial charge in [-0.2, -0.15) is 0 Å². The van der Waals surface area contributed by atoms with Crippen LogP contribution in [0.25, 0.3) is 0 Å². The molecule has 2 nitrogen and oxygen atoms in total. The predicted molar refractivity (Wildman–Crippen MR) is 44.7 cm³/mol. The number of aldehydes is 1. The molecule has 12 heavy (non-hydrogen) atoms. The summed E-state index contributed by atoms with van der Waals surface area (Å²) in [4.78, 5) is 22.1. The summed E-state index contributed by atoms with van der Waals surface area (Å²) >= 11 is 0. The van der Waals surface area contributed by atoms with Gasteiger partial charge in [0.15, 0.2) is 0 Å². The van der Waals surface area contributed by atoms with Crippen LogP contribution in [0.4, 0.5) is 0 Å².